The van der Waals surface area contributed by atoms with E-state index in [1.165, 1.54) is 17.2 Å². The van der Waals surface area contributed by atoms with Gasteiger partial charge in [-0.25, -0.2) is 13.9 Å². The van der Waals surface area contributed by atoms with Crippen molar-refractivity contribution in [3.63, 3.8) is 0 Å². The Labute approximate surface area is 105 Å². The van der Waals surface area contributed by atoms with E-state index in [9.17, 15) is 4.79 Å². The summed E-state index contributed by atoms with van der Waals surface area (Å²) in [5.74, 6) is 0.694. The molecule has 2 heterocycles. The third-order valence-corrected chi connectivity index (χ3v) is 3.42. The maximum atomic E-state index is 12.1. The zero-order chi connectivity index (χ0) is 12.5. The minimum atomic E-state index is -0.0871. The molecular formula is C12H17N5O. The van der Waals surface area contributed by atoms with Gasteiger partial charge in [0.15, 0.2) is 5.65 Å². The second-order valence-electron chi connectivity index (χ2n) is 4.77. The van der Waals surface area contributed by atoms with Gasteiger partial charge in [0.05, 0.1) is 12.7 Å². The number of aromatic nitrogens is 4. The Hall–Kier alpha value is -1.69. The molecule has 96 valence electrons. The summed E-state index contributed by atoms with van der Waals surface area (Å²) in [5.41, 5.74) is 0.518. The molecule has 2 aromatic rings. The number of hydrogen-bond acceptors (Lipinski definition) is 4. The molecule has 1 fully saturated rings. The summed E-state index contributed by atoms with van der Waals surface area (Å²) in [6.45, 7) is 3.65. The Kier molecular flexibility index (Phi) is 2.87. The topological polar surface area (TPSA) is 64.2 Å². The molecule has 0 amide bonds. The summed E-state index contributed by atoms with van der Waals surface area (Å²) in [7, 11) is 0. The highest BCUT2D eigenvalue weighted by Crippen LogP contribution is 2.33. The van der Waals surface area contributed by atoms with Crippen LogP contribution < -0.4 is 11.0 Å². The van der Waals surface area contributed by atoms with Crippen molar-refractivity contribution in [3.05, 3.63) is 29.1 Å². The van der Waals surface area contributed by atoms with Gasteiger partial charge in [-0.1, -0.05) is 6.92 Å². The van der Waals surface area contributed by atoms with Gasteiger partial charge >= 0.3 is 5.69 Å². The highest BCUT2D eigenvalue weighted by atomic mass is 16.2. The molecule has 18 heavy (non-hydrogen) atoms. The molecule has 0 aliphatic heterocycles. The van der Waals surface area contributed by atoms with Gasteiger partial charge in [0.25, 0.3) is 0 Å². The normalized spacial score (nSPS) is 17.2. The molecule has 0 spiro atoms. The van der Waals surface area contributed by atoms with E-state index >= 15 is 0 Å². The predicted octanol–water partition coefficient (Wildman–Crippen LogP) is 0.279. The van der Waals surface area contributed by atoms with Crippen molar-refractivity contribution in [3.8, 4) is 0 Å². The lowest BCUT2D eigenvalue weighted by atomic mass is 10.2. The fraction of sp³-hybridized carbons (Fsp3) is 0.583. The van der Waals surface area contributed by atoms with Gasteiger partial charge in [-0.05, 0) is 25.3 Å². The van der Waals surface area contributed by atoms with E-state index in [2.05, 4.69) is 22.3 Å². The summed E-state index contributed by atoms with van der Waals surface area (Å²) in [5, 5.41) is 7.75. The minimum absolute atomic E-state index is 0.0871. The Bertz CT molecular complexity index is 598. The van der Waals surface area contributed by atoms with E-state index in [1.807, 2.05) is 0 Å². The average Bonchev–Trinajstić information content (AvgIpc) is 3.17. The van der Waals surface area contributed by atoms with Crippen LogP contribution in [0.5, 0.6) is 0 Å². The molecule has 6 heteroatoms. The van der Waals surface area contributed by atoms with Crippen LogP contribution in [0, 0.1) is 5.92 Å². The molecule has 1 unspecified atom stereocenters. The molecule has 1 atom stereocenters. The van der Waals surface area contributed by atoms with E-state index in [-0.39, 0.29) is 5.69 Å². The third-order valence-electron chi connectivity index (χ3n) is 3.42. The molecule has 0 saturated heterocycles. The number of hydrogen-bond donors (Lipinski definition) is 1. The largest absolute Gasteiger partial charge is 0.350 e. The van der Waals surface area contributed by atoms with Gasteiger partial charge in [-0.15, -0.1) is 5.10 Å². The van der Waals surface area contributed by atoms with Crippen LogP contribution in [0.15, 0.2) is 23.4 Å². The zero-order valence-electron chi connectivity index (χ0n) is 10.4. The Balaban J connectivity index is 1.89. The van der Waals surface area contributed by atoms with Crippen molar-refractivity contribution in [2.75, 3.05) is 6.54 Å². The third kappa shape index (κ3) is 2.03. The van der Waals surface area contributed by atoms with Gasteiger partial charge in [-0.2, -0.15) is 0 Å². The molecule has 1 saturated carbocycles. The average molecular weight is 247 g/mol. The first-order valence-electron chi connectivity index (χ1n) is 6.42. The fourth-order valence-electron chi connectivity index (χ4n) is 2.33. The second-order valence-corrected chi connectivity index (χ2v) is 4.77. The Morgan fingerprint density at radius 2 is 2.39 bits per heavy atom. The van der Waals surface area contributed by atoms with Crippen LogP contribution in [0.25, 0.3) is 5.65 Å². The van der Waals surface area contributed by atoms with Crippen molar-refractivity contribution >= 4 is 5.65 Å². The number of likely N-dealkylation sites (N-methyl/N-ethyl adjacent to an activating group) is 1. The van der Waals surface area contributed by atoms with Crippen molar-refractivity contribution in [2.45, 2.75) is 32.4 Å². The number of nitrogens with one attached hydrogen (secondary N) is 1. The van der Waals surface area contributed by atoms with Crippen LogP contribution in [0.4, 0.5) is 0 Å². The van der Waals surface area contributed by atoms with E-state index in [0.717, 1.165) is 6.54 Å². The Morgan fingerprint density at radius 3 is 3.06 bits per heavy atom. The summed E-state index contributed by atoms with van der Waals surface area (Å²) >= 11 is 0. The molecule has 0 radical (unpaired) electrons. The SMILES string of the molecule is CCNC(Cn1nc2cnccn2c1=O)C1CC1. The number of rotatable bonds is 5. The highest BCUT2D eigenvalue weighted by Gasteiger charge is 2.31. The van der Waals surface area contributed by atoms with Crippen molar-refractivity contribution in [1.82, 2.24) is 24.5 Å². The van der Waals surface area contributed by atoms with E-state index < -0.39 is 0 Å². The summed E-state index contributed by atoms with van der Waals surface area (Å²) in [4.78, 5) is 16.1. The maximum absolute atomic E-state index is 12.1. The van der Waals surface area contributed by atoms with Crippen LogP contribution in [0.2, 0.25) is 0 Å². The summed E-state index contributed by atoms with van der Waals surface area (Å²) in [6, 6.07) is 0.352. The van der Waals surface area contributed by atoms with Gasteiger partial charge < -0.3 is 5.32 Å². The minimum Gasteiger partial charge on any atom is -0.312 e. The van der Waals surface area contributed by atoms with Gasteiger partial charge in [-0.3, -0.25) is 4.98 Å². The van der Waals surface area contributed by atoms with Crippen LogP contribution in [-0.4, -0.2) is 31.8 Å². The first-order chi connectivity index (χ1) is 8.79. The van der Waals surface area contributed by atoms with Crippen LogP contribution in [0.1, 0.15) is 19.8 Å². The van der Waals surface area contributed by atoms with E-state index in [4.69, 9.17) is 0 Å². The maximum Gasteiger partial charge on any atom is 0.350 e. The standard InChI is InChI=1S/C12H17N5O/c1-2-14-10(9-3-4-9)8-17-12(18)16-6-5-13-7-11(16)15-17/h5-7,9-10,14H,2-4,8H2,1H3. The van der Waals surface area contributed by atoms with Crippen molar-refractivity contribution in [2.24, 2.45) is 5.92 Å². The molecular weight excluding hydrogens is 230 g/mol. The first kappa shape index (κ1) is 11.4. The molecule has 1 aliphatic rings. The molecule has 2 aromatic heterocycles. The van der Waals surface area contributed by atoms with Crippen LogP contribution in [0.3, 0.4) is 0 Å². The van der Waals surface area contributed by atoms with Crippen molar-refractivity contribution < 1.29 is 0 Å². The molecule has 1 N–H and O–H groups in total. The van der Waals surface area contributed by atoms with E-state index in [1.54, 1.807) is 23.3 Å². The molecule has 1 aliphatic carbocycles. The smallest absolute Gasteiger partial charge is 0.312 e. The summed E-state index contributed by atoms with van der Waals surface area (Å²) < 4.78 is 3.07. The lowest BCUT2D eigenvalue weighted by Crippen LogP contribution is -2.38. The van der Waals surface area contributed by atoms with Crippen molar-refractivity contribution in [1.29, 1.82) is 0 Å². The monoisotopic (exact) mass is 247 g/mol. The van der Waals surface area contributed by atoms with Crippen LogP contribution in [-0.2, 0) is 6.54 Å². The van der Waals surface area contributed by atoms with Gasteiger partial charge in [0, 0.05) is 18.4 Å². The van der Waals surface area contributed by atoms with Crippen LogP contribution >= 0.6 is 0 Å². The molecule has 6 nitrogen and oxygen atoms in total. The second kappa shape index (κ2) is 4.53. The number of fused-ring (bicyclic) bond motifs is 1. The predicted molar refractivity (Wildman–Crippen MR) is 67.4 cm³/mol. The zero-order valence-corrected chi connectivity index (χ0v) is 10.4. The van der Waals surface area contributed by atoms with Gasteiger partial charge in [0.1, 0.15) is 0 Å². The van der Waals surface area contributed by atoms with E-state index in [0.29, 0.717) is 24.2 Å². The lowest BCUT2D eigenvalue weighted by molar-refractivity contribution is 0.391. The van der Waals surface area contributed by atoms with Gasteiger partial charge in [0.2, 0.25) is 0 Å². The quantitative estimate of drug-likeness (QED) is 0.824. The molecule has 3 rings (SSSR count). The Morgan fingerprint density at radius 1 is 1.56 bits per heavy atom. The molecule has 0 bridgehead atoms. The highest BCUT2D eigenvalue weighted by molar-refractivity contribution is 5.31. The summed E-state index contributed by atoms with van der Waals surface area (Å²) in [6.07, 6.45) is 7.36. The molecule has 0 aromatic carbocycles. The first-order valence-corrected chi connectivity index (χ1v) is 6.42. The number of nitrogens with zero attached hydrogens (tertiary/aromatic N) is 4. The fourth-order valence-corrected chi connectivity index (χ4v) is 2.33. The lowest BCUT2D eigenvalue weighted by Gasteiger charge is -2.16.